The van der Waals surface area contributed by atoms with Crippen molar-refractivity contribution in [2.24, 2.45) is 0 Å². The van der Waals surface area contributed by atoms with E-state index in [9.17, 15) is 0 Å². The second-order valence-corrected chi connectivity index (χ2v) is 4.80. The summed E-state index contributed by atoms with van der Waals surface area (Å²) in [7, 11) is 0. The Morgan fingerprint density at radius 2 is 1.57 bits per heavy atom. The van der Waals surface area contributed by atoms with E-state index in [4.69, 9.17) is 5.73 Å². The van der Waals surface area contributed by atoms with E-state index in [1.807, 2.05) is 48.8 Å². The number of anilines is 3. The zero-order valence-corrected chi connectivity index (χ0v) is 11.5. The first-order valence-corrected chi connectivity index (χ1v) is 6.76. The van der Waals surface area contributed by atoms with Crippen molar-refractivity contribution in [1.29, 1.82) is 0 Å². The molecule has 0 atom stereocenters. The molecule has 2 heterocycles. The summed E-state index contributed by atoms with van der Waals surface area (Å²) in [4.78, 5) is 8.25. The largest absolute Gasteiger partial charge is 0.396 e. The van der Waals surface area contributed by atoms with Crippen LogP contribution in [0.1, 0.15) is 11.1 Å². The number of rotatable bonds is 4. The third kappa shape index (κ3) is 3.36. The first-order valence-electron chi connectivity index (χ1n) is 6.76. The Labute approximate surface area is 123 Å². The van der Waals surface area contributed by atoms with Crippen LogP contribution >= 0.6 is 0 Å². The van der Waals surface area contributed by atoms with Gasteiger partial charge in [-0.05, 0) is 53.9 Å². The third-order valence-corrected chi connectivity index (χ3v) is 3.21. The second-order valence-electron chi connectivity index (χ2n) is 4.80. The van der Waals surface area contributed by atoms with Gasteiger partial charge < -0.3 is 11.1 Å². The molecule has 2 aromatic heterocycles. The highest BCUT2D eigenvalue weighted by Crippen LogP contribution is 2.20. The SMILES string of the molecule is Nc1cccnc1Nc1ccc(Cc2ccncc2)cc1. The van der Waals surface area contributed by atoms with Gasteiger partial charge in [0.15, 0.2) is 5.82 Å². The average molecular weight is 276 g/mol. The topological polar surface area (TPSA) is 63.8 Å². The Kier molecular flexibility index (Phi) is 3.78. The standard InChI is InChI=1S/C17H16N4/c18-16-2-1-9-20-17(16)21-15-5-3-13(4-6-15)12-14-7-10-19-11-8-14/h1-11H,12,18H2,(H,20,21). The minimum atomic E-state index is 0.637. The molecular weight excluding hydrogens is 260 g/mol. The van der Waals surface area contributed by atoms with Crippen LogP contribution in [0.15, 0.2) is 67.1 Å². The van der Waals surface area contributed by atoms with Crippen LogP contribution in [0, 0.1) is 0 Å². The molecule has 0 amide bonds. The Hall–Kier alpha value is -2.88. The zero-order valence-electron chi connectivity index (χ0n) is 11.5. The molecule has 0 radical (unpaired) electrons. The van der Waals surface area contributed by atoms with Crippen LogP contribution in [0.5, 0.6) is 0 Å². The second kappa shape index (κ2) is 6.05. The van der Waals surface area contributed by atoms with Gasteiger partial charge >= 0.3 is 0 Å². The quantitative estimate of drug-likeness (QED) is 0.766. The zero-order chi connectivity index (χ0) is 14.5. The first-order chi connectivity index (χ1) is 10.3. The fraction of sp³-hybridized carbons (Fsp3) is 0.0588. The summed E-state index contributed by atoms with van der Waals surface area (Å²) in [6, 6.07) is 16.0. The average Bonchev–Trinajstić information content (AvgIpc) is 2.52. The van der Waals surface area contributed by atoms with E-state index in [0.717, 1.165) is 12.1 Å². The molecule has 0 fully saturated rings. The first kappa shape index (κ1) is 13.1. The molecule has 0 bridgehead atoms. The van der Waals surface area contributed by atoms with Gasteiger partial charge in [-0.15, -0.1) is 0 Å². The van der Waals surface area contributed by atoms with E-state index in [2.05, 4.69) is 27.4 Å². The van der Waals surface area contributed by atoms with Crippen LogP contribution < -0.4 is 11.1 Å². The van der Waals surface area contributed by atoms with Gasteiger partial charge in [-0.3, -0.25) is 4.98 Å². The highest BCUT2D eigenvalue weighted by Gasteiger charge is 2.01. The molecule has 4 nitrogen and oxygen atoms in total. The van der Waals surface area contributed by atoms with E-state index in [0.29, 0.717) is 11.5 Å². The molecule has 104 valence electrons. The fourth-order valence-corrected chi connectivity index (χ4v) is 2.10. The predicted molar refractivity (Wildman–Crippen MR) is 85.4 cm³/mol. The predicted octanol–water partition coefficient (Wildman–Crippen LogP) is 3.39. The number of aromatic nitrogens is 2. The lowest BCUT2D eigenvalue weighted by Gasteiger charge is -2.08. The summed E-state index contributed by atoms with van der Waals surface area (Å²) < 4.78 is 0. The van der Waals surface area contributed by atoms with Gasteiger partial charge in [0.25, 0.3) is 0 Å². The number of pyridine rings is 2. The third-order valence-electron chi connectivity index (χ3n) is 3.21. The van der Waals surface area contributed by atoms with Crippen LogP contribution in [0.2, 0.25) is 0 Å². The molecular formula is C17H16N4. The fourth-order valence-electron chi connectivity index (χ4n) is 2.10. The number of nitrogen functional groups attached to an aromatic ring is 1. The van der Waals surface area contributed by atoms with E-state index in [1.54, 1.807) is 6.20 Å². The Bertz CT molecular complexity index is 708. The van der Waals surface area contributed by atoms with Gasteiger partial charge in [0, 0.05) is 24.3 Å². The lowest BCUT2D eigenvalue weighted by molar-refractivity contribution is 1.16. The lowest BCUT2D eigenvalue weighted by atomic mass is 10.1. The highest BCUT2D eigenvalue weighted by molar-refractivity contribution is 5.68. The molecule has 0 spiro atoms. The summed E-state index contributed by atoms with van der Waals surface area (Å²) in [5, 5.41) is 3.22. The molecule has 0 aliphatic carbocycles. The Morgan fingerprint density at radius 1 is 0.857 bits per heavy atom. The van der Waals surface area contributed by atoms with Gasteiger partial charge in [0.05, 0.1) is 5.69 Å². The van der Waals surface area contributed by atoms with Crippen molar-refractivity contribution in [2.75, 3.05) is 11.1 Å². The van der Waals surface area contributed by atoms with Crippen molar-refractivity contribution in [3.8, 4) is 0 Å². The van der Waals surface area contributed by atoms with Crippen LogP contribution in [0.3, 0.4) is 0 Å². The lowest BCUT2D eigenvalue weighted by Crippen LogP contribution is -1.98. The van der Waals surface area contributed by atoms with E-state index in [-0.39, 0.29) is 0 Å². The maximum absolute atomic E-state index is 5.87. The Morgan fingerprint density at radius 3 is 2.29 bits per heavy atom. The Balaban J connectivity index is 1.71. The monoisotopic (exact) mass is 276 g/mol. The maximum atomic E-state index is 5.87. The van der Waals surface area contributed by atoms with Gasteiger partial charge in [0.1, 0.15) is 0 Å². The number of hydrogen-bond donors (Lipinski definition) is 2. The summed E-state index contributed by atoms with van der Waals surface area (Å²) in [6.45, 7) is 0. The van der Waals surface area contributed by atoms with Gasteiger partial charge in [-0.2, -0.15) is 0 Å². The van der Waals surface area contributed by atoms with Gasteiger partial charge in [-0.1, -0.05) is 12.1 Å². The number of benzene rings is 1. The molecule has 3 aromatic rings. The van der Waals surface area contributed by atoms with Crippen molar-refractivity contribution in [3.63, 3.8) is 0 Å². The molecule has 4 heteroatoms. The summed E-state index contributed by atoms with van der Waals surface area (Å²) in [5.41, 5.74) is 9.98. The van der Waals surface area contributed by atoms with Crippen LogP contribution in [0.4, 0.5) is 17.2 Å². The normalized spacial score (nSPS) is 10.3. The van der Waals surface area contributed by atoms with Crippen molar-refractivity contribution >= 4 is 17.2 Å². The molecule has 0 saturated heterocycles. The molecule has 21 heavy (non-hydrogen) atoms. The van der Waals surface area contributed by atoms with Crippen LogP contribution in [-0.2, 0) is 6.42 Å². The molecule has 1 aromatic carbocycles. The minimum Gasteiger partial charge on any atom is -0.396 e. The van der Waals surface area contributed by atoms with E-state index >= 15 is 0 Å². The molecule has 0 saturated carbocycles. The van der Waals surface area contributed by atoms with Crippen molar-refractivity contribution in [2.45, 2.75) is 6.42 Å². The van der Waals surface area contributed by atoms with Crippen LogP contribution in [-0.4, -0.2) is 9.97 Å². The number of hydrogen-bond acceptors (Lipinski definition) is 4. The van der Waals surface area contributed by atoms with Crippen LogP contribution in [0.25, 0.3) is 0 Å². The van der Waals surface area contributed by atoms with Gasteiger partial charge in [-0.25, -0.2) is 4.98 Å². The number of nitrogens with one attached hydrogen (secondary N) is 1. The van der Waals surface area contributed by atoms with Crippen molar-refractivity contribution in [1.82, 2.24) is 9.97 Å². The maximum Gasteiger partial charge on any atom is 0.153 e. The smallest absolute Gasteiger partial charge is 0.153 e. The summed E-state index contributed by atoms with van der Waals surface area (Å²) in [6.07, 6.45) is 6.25. The van der Waals surface area contributed by atoms with E-state index in [1.165, 1.54) is 11.1 Å². The van der Waals surface area contributed by atoms with E-state index < -0.39 is 0 Å². The number of nitrogens with two attached hydrogens (primary N) is 1. The van der Waals surface area contributed by atoms with Crippen molar-refractivity contribution < 1.29 is 0 Å². The van der Waals surface area contributed by atoms with Gasteiger partial charge in [0.2, 0.25) is 0 Å². The molecule has 3 N–H and O–H groups in total. The number of nitrogens with zero attached hydrogens (tertiary/aromatic N) is 2. The summed E-state index contributed by atoms with van der Waals surface area (Å²) >= 11 is 0. The van der Waals surface area contributed by atoms with Crippen molar-refractivity contribution in [3.05, 3.63) is 78.2 Å². The molecule has 0 aliphatic heterocycles. The highest BCUT2D eigenvalue weighted by atomic mass is 15.0. The molecule has 0 unspecified atom stereocenters. The molecule has 0 aliphatic rings. The minimum absolute atomic E-state index is 0.637. The molecule has 3 rings (SSSR count). The summed E-state index contributed by atoms with van der Waals surface area (Å²) in [5.74, 6) is 0.680.